The number of benzene rings is 3. The molecule has 0 amide bonds. The van der Waals surface area contributed by atoms with Crippen LogP contribution in [0.4, 0.5) is 0 Å². The van der Waals surface area contributed by atoms with E-state index in [9.17, 15) is 10.1 Å². The maximum atomic E-state index is 13.4. The SMILES string of the molecule is N#Cc1c(-c2ccccc2)c(=O)n(-c2ccccc2)c2ccccc12. The lowest BCUT2D eigenvalue weighted by Gasteiger charge is -2.15. The molecule has 3 heteroatoms. The second-order valence-corrected chi connectivity index (χ2v) is 5.72. The molecule has 0 spiro atoms. The molecule has 0 saturated heterocycles. The quantitative estimate of drug-likeness (QED) is 0.544. The van der Waals surface area contributed by atoms with Crippen molar-refractivity contribution in [2.75, 3.05) is 0 Å². The van der Waals surface area contributed by atoms with Crippen LogP contribution in [0, 0.1) is 11.3 Å². The number of pyridine rings is 1. The van der Waals surface area contributed by atoms with Crippen molar-refractivity contribution in [3.63, 3.8) is 0 Å². The molecule has 0 radical (unpaired) electrons. The van der Waals surface area contributed by atoms with E-state index in [1.807, 2.05) is 84.9 Å². The van der Waals surface area contributed by atoms with Crippen molar-refractivity contribution in [1.82, 2.24) is 4.57 Å². The molecule has 3 nitrogen and oxygen atoms in total. The number of nitrogens with zero attached hydrogens (tertiary/aromatic N) is 2. The van der Waals surface area contributed by atoms with Crippen LogP contribution in [0.25, 0.3) is 27.7 Å². The molecule has 25 heavy (non-hydrogen) atoms. The molecular formula is C22H14N2O. The van der Waals surface area contributed by atoms with Gasteiger partial charge in [-0.2, -0.15) is 5.26 Å². The van der Waals surface area contributed by atoms with Gasteiger partial charge in [-0.05, 0) is 23.8 Å². The molecule has 118 valence electrons. The molecule has 0 N–H and O–H groups in total. The standard InChI is InChI=1S/C22H14N2O/c23-15-19-18-13-7-8-14-20(18)24(17-11-5-2-6-12-17)22(25)21(19)16-9-3-1-4-10-16/h1-14H. The summed E-state index contributed by atoms with van der Waals surface area (Å²) in [6.45, 7) is 0. The first-order valence-corrected chi connectivity index (χ1v) is 8.00. The highest BCUT2D eigenvalue weighted by Crippen LogP contribution is 2.28. The number of rotatable bonds is 2. The highest BCUT2D eigenvalue weighted by molar-refractivity contribution is 5.92. The topological polar surface area (TPSA) is 45.8 Å². The number of para-hydroxylation sites is 2. The zero-order valence-electron chi connectivity index (χ0n) is 13.4. The van der Waals surface area contributed by atoms with Crippen LogP contribution in [-0.4, -0.2) is 4.57 Å². The lowest BCUT2D eigenvalue weighted by atomic mass is 9.97. The van der Waals surface area contributed by atoms with Crippen LogP contribution < -0.4 is 5.56 Å². The summed E-state index contributed by atoms with van der Waals surface area (Å²) in [5.41, 5.74) is 2.93. The molecule has 0 bridgehead atoms. The summed E-state index contributed by atoms with van der Waals surface area (Å²) < 4.78 is 1.68. The predicted octanol–water partition coefficient (Wildman–Crippen LogP) is 4.53. The van der Waals surface area contributed by atoms with Crippen molar-refractivity contribution in [3.8, 4) is 22.9 Å². The fraction of sp³-hybridized carbons (Fsp3) is 0. The van der Waals surface area contributed by atoms with Gasteiger partial charge >= 0.3 is 0 Å². The van der Waals surface area contributed by atoms with Crippen molar-refractivity contribution < 1.29 is 0 Å². The molecule has 0 aliphatic heterocycles. The minimum atomic E-state index is -0.187. The Morgan fingerprint density at radius 1 is 0.760 bits per heavy atom. The summed E-state index contributed by atoms with van der Waals surface area (Å²) in [6, 6.07) is 28.6. The van der Waals surface area contributed by atoms with E-state index < -0.39 is 0 Å². The Hall–Kier alpha value is -3.64. The largest absolute Gasteiger partial charge is 0.276 e. The second kappa shape index (κ2) is 6.10. The average Bonchev–Trinajstić information content (AvgIpc) is 2.68. The van der Waals surface area contributed by atoms with Gasteiger partial charge < -0.3 is 0 Å². The Labute approximate surface area is 145 Å². The lowest BCUT2D eigenvalue weighted by molar-refractivity contribution is 1.04. The Morgan fingerprint density at radius 3 is 2.04 bits per heavy atom. The minimum Gasteiger partial charge on any atom is -0.276 e. The van der Waals surface area contributed by atoms with Crippen LogP contribution in [0.5, 0.6) is 0 Å². The van der Waals surface area contributed by atoms with E-state index in [4.69, 9.17) is 0 Å². The summed E-state index contributed by atoms with van der Waals surface area (Å²) >= 11 is 0. The Morgan fingerprint density at radius 2 is 1.36 bits per heavy atom. The lowest BCUT2D eigenvalue weighted by Crippen LogP contribution is -2.22. The van der Waals surface area contributed by atoms with E-state index in [2.05, 4.69) is 6.07 Å². The summed E-state index contributed by atoms with van der Waals surface area (Å²) in [4.78, 5) is 13.4. The van der Waals surface area contributed by atoms with Crippen LogP contribution in [0.3, 0.4) is 0 Å². The third-order valence-corrected chi connectivity index (χ3v) is 4.27. The number of hydrogen-bond acceptors (Lipinski definition) is 2. The molecule has 4 aromatic rings. The van der Waals surface area contributed by atoms with Crippen LogP contribution in [-0.2, 0) is 0 Å². The summed E-state index contributed by atoms with van der Waals surface area (Å²) in [5.74, 6) is 0. The van der Waals surface area contributed by atoms with E-state index >= 15 is 0 Å². The van der Waals surface area contributed by atoms with Crippen molar-refractivity contribution >= 4 is 10.9 Å². The van der Waals surface area contributed by atoms with Gasteiger partial charge in [0.05, 0.1) is 16.6 Å². The molecule has 0 unspecified atom stereocenters. The van der Waals surface area contributed by atoms with Gasteiger partial charge in [0.1, 0.15) is 6.07 Å². The van der Waals surface area contributed by atoms with E-state index in [1.165, 1.54) is 0 Å². The Kier molecular flexibility index (Phi) is 3.64. The van der Waals surface area contributed by atoms with Crippen molar-refractivity contribution in [2.45, 2.75) is 0 Å². The van der Waals surface area contributed by atoms with E-state index in [-0.39, 0.29) is 5.56 Å². The molecule has 0 saturated carbocycles. The number of nitriles is 1. The molecule has 3 aromatic carbocycles. The molecule has 0 atom stereocenters. The highest BCUT2D eigenvalue weighted by atomic mass is 16.1. The first-order chi connectivity index (χ1) is 12.3. The maximum absolute atomic E-state index is 13.4. The molecular weight excluding hydrogens is 308 g/mol. The summed E-state index contributed by atoms with van der Waals surface area (Å²) in [6.07, 6.45) is 0. The first kappa shape index (κ1) is 14.9. The van der Waals surface area contributed by atoms with E-state index in [0.717, 1.165) is 22.2 Å². The molecule has 1 heterocycles. The van der Waals surface area contributed by atoms with Gasteiger partial charge in [0.25, 0.3) is 5.56 Å². The normalized spacial score (nSPS) is 10.5. The molecule has 0 fully saturated rings. The van der Waals surface area contributed by atoms with Gasteiger partial charge in [0.2, 0.25) is 0 Å². The molecule has 4 rings (SSSR count). The van der Waals surface area contributed by atoms with Crippen molar-refractivity contribution in [3.05, 3.63) is 101 Å². The maximum Gasteiger partial charge on any atom is 0.264 e. The number of aromatic nitrogens is 1. The van der Waals surface area contributed by atoms with E-state index in [0.29, 0.717) is 11.1 Å². The van der Waals surface area contributed by atoms with Crippen LogP contribution in [0.1, 0.15) is 5.56 Å². The van der Waals surface area contributed by atoms with E-state index in [1.54, 1.807) is 4.57 Å². The van der Waals surface area contributed by atoms with Gasteiger partial charge in [-0.1, -0.05) is 66.7 Å². The van der Waals surface area contributed by atoms with Gasteiger partial charge in [-0.25, -0.2) is 0 Å². The fourth-order valence-electron chi connectivity index (χ4n) is 3.17. The van der Waals surface area contributed by atoms with Gasteiger partial charge in [-0.3, -0.25) is 9.36 Å². The van der Waals surface area contributed by atoms with Crippen LogP contribution in [0.2, 0.25) is 0 Å². The van der Waals surface area contributed by atoms with Crippen molar-refractivity contribution in [1.29, 1.82) is 5.26 Å². The zero-order chi connectivity index (χ0) is 17.2. The van der Waals surface area contributed by atoms with Crippen LogP contribution in [0.15, 0.2) is 89.7 Å². The number of hydrogen-bond donors (Lipinski definition) is 0. The Bertz CT molecular complexity index is 1150. The minimum absolute atomic E-state index is 0.187. The second-order valence-electron chi connectivity index (χ2n) is 5.72. The van der Waals surface area contributed by atoms with Gasteiger partial charge in [0, 0.05) is 11.1 Å². The zero-order valence-corrected chi connectivity index (χ0v) is 13.4. The van der Waals surface area contributed by atoms with Gasteiger partial charge in [0.15, 0.2) is 0 Å². The summed E-state index contributed by atoms with van der Waals surface area (Å²) in [7, 11) is 0. The monoisotopic (exact) mass is 322 g/mol. The summed E-state index contributed by atoms with van der Waals surface area (Å²) in [5, 5.41) is 10.5. The fourth-order valence-corrected chi connectivity index (χ4v) is 3.17. The predicted molar refractivity (Wildman–Crippen MR) is 99.7 cm³/mol. The third-order valence-electron chi connectivity index (χ3n) is 4.27. The average molecular weight is 322 g/mol. The molecule has 0 aliphatic carbocycles. The highest BCUT2D eigenvalue weighted by Gasteiger charge is 2.18. The Balaban J connectivity index is 2.22. The van der Waals surface area contributed by atoms with Crippen molar-refractivity contribution in [2.24, 2.45) is 0 Å². The number of fused-ring (bicyclic) bond motifs is 1. The third kappa shape index (κ3) is 2.41. The van der Waals surface area contributed by atoms with Gasteiger partial charge in [-0.15, -0.1) is 0 Å². The smallest absolute Gasteiger partial charge is 0.264 e. The molecule has 1 aromatic heterocycles. The van der Waals surface area contributed by atoms with Crippen LogP contribution >= 0.6 is 0 Å². The molecule has 0 aliphatic rings. The first-order valence-electron chi connectivity index (χ1n) is 8.00.